The smallest absolute Gasteiger partial charge is 0.00951 e. The van der Waals surface area contributed by atoms with Crippen LogP contribution in [-0.2, 0) is 6.42 Å². The summed E-state index contributed by atoms with van der Waals surface area (Å²) in [6.45, 7) is 4.63. The Morgan fingerprint density at radius 1 is 1.24 bits per heavy atom. The molecule has 0 aromatic heterocycles. The summed E-state index contributed by atoms with van der Waals surface area (Å²) in [5.41, 5.74) is 1.46. The van der Waals surface area contributed by atoms with Gasteiger partial charge in [-0.2, -0.15) is 0 Å². The van der Waals surface area contributed by atoms with Gasteiger partial charge in [-0.05, 0) is 50.5 Å². The Balaban J connectivity index is 1.71. The zero-order valence-corrected chi connectivity index (χ0v) is 11.2. The lowest BCUT2D eigenvalue weighted by molar-refractivity contribution is 0.386. The second-order valence-corrected chi connectivity index (χ2v) is 5.44. The van der Waals surface area contributed by atoms with Crippen molar-refractivity contribution in [3.05, 3.63) is 35.9 Å². The third-order valence-electron chi connectivity index (χ3n) is 3.84. The Morgan fingerprint density at radius 3 is 2.53 bits per heavy atom. The highest BCUT2D eigenvalue weighted by Crippen LogP contribution is 2.34. The first kappa shape index (κ1) is 12.6. The summed E-state index contributed by atoms with van der Waals surface area (Å²) in [6.07, 6.45) is 6.59. The van der Waals surface area contributed by atoms with Gasteiger partial charge >= 0.3 is 0 Å². The minimum absolute atomic E-state index is 0.640. The van der Waals surface area contributed by atoms with Crippen molar-refractivity contribution in [2.75, 3.05) is 0 Å². The first-order valence-corrected chi connectivity index (χ1v) is 7.09. The second kappa shape index (κ2) is 6.20. The Labute approximate surface area is 106 Å². The molecule has 1 aromatic rings. The van der Waals surface area contributed by atoms with Gasteiger partial charge in [-0.3, -0.25) is 0 Å². The van der Waals surface area contributed by atoms with Crippen molar-refractivity contribution < 1.29 is 0 Å². The Bertz CT molecular complexity index is 316. The van der Waals surface area contributed by atoms with Crippen molar-refractivity contribution in [3.63, 3.8) is 0 Å². The minimum Gasteiger partial charge on any atom is -0.311 e. The minimum atomic E-state index is 0.640. The van der Waals surface area contributed by atoms with Crippen molar-refractivity contribution in [1.82, 2.24) is 5.32 Å². The van der Waals surface area contributed by atoms with Crippen LogP contribution >= 0.6 is 0 Å². The molecule has 1 aliphatic rings. The highest BCUT2D eigenvalue weighted by molar-refractivity contribution is 5.14. The van der Waals surface area contributed by atoms with E-state index in [2.05, 4.69) is 49.5 Å². The molecule has 0 heterocycles. The maximum absolute atomic E-state index is 3.80. The van der Waals surface area contributed by atoms with E-state index in [4.69, 9.17) is 0 Å². The van der Waals surface area contributed by atoms with Gasteiger partial charge < -0.3 is 5.32 Å². The molecule has 2 unspecified atom stereocenters. The van der Waals surface area contributed by atoms with E-state index >= 15 is 0 Å². The van der Waals surface area contributed by atoms with Gasteiger partial charge in [-0.25, -0.2) is 0 Å². The lowest BCUT2D eigenvalue weighted by Crippen LogP contribution is -2.37. The van der Waals surface area contributed by atoms with Gasteiger partial charge in [-0.15, -0.1) is 0 Å². The van der Waals surface area contributed by atoms with Crippen molar-refractivity contribution in [2.24, 2.45) is 5.92 Å². The van der Waals surface area contributed by atoms with E-state index < -0.39 is 0 Å². The Hall–Kier alpha value is -0.820. The molecule has 94 valence electrons. The first-order chi connectivity index (χ1) is 8.29. The van der Waals surface area contributed by atoms with Crippen LogP contribution in [0.25, 0.3) is 0 Å². The zero-order chi connectivity index (χ0) is 12.1. The predicted molar refractivity (Wildman–Crippen MR) is 74.2 cm³/mol. The van der Waals surface area contributed by atoms with Gasteiger partial charge in [0.2, 0.25) is 0 Å². The molecule has 1 saturated carbocycles. The van der Waals surface area contributed by atoms with Crippen molar-refractivity contribution in [2.45, 2.75) is 58.0 Å². The molecule has 2 atom stereocenters. The van der Waals surface area contributed by atoms with Gasteiger partial charge in [0, 0.05) is 12.1 Å². The van der Waals surface area contributed by atoms with E-state index in [0.717, 1.165) is 12.0 Å². The molecule has 1 fully saturated rings. The molecule has 17 heavy (non-hydrogen) atoms. The quantitative estimate of drug-likeness (QED) is 0.753. The summed E-state index contributed by atoms with van der Waals surface area (Å²) in [7, 11) is 0. The SMILES string of the molecule is CCC(NC(C)CCc1ccccc1)C1CC1. The lowest BCUT2D eigenvalue weighted by Gasteiger charge is -2.22. The average Bonchev–Trinajstić information content (AvgIpc) is 3.19. The van der Waals surface area contributed by atoms with E-state index in [1.165, 1.54) is 37.7 Å². The summed E-state index contributed by atoms with van der Waals surface area (Å²) < 4.78 is 0. The molecule has 1 N–H and O–H groups in total. The topological polar surface area (TPSA) is 12.0 Å². The highest BCUT2D eigenvalue weighted by atomic mass is 15.0. The van der Waals surface area contributed by atoms with Gasteiger partial charge in [0.25, 0.3) is 0 Å². The number of rotatable bonds is 7. The number of nitrogens with one attached hydrogen (secondary N) is 1. The van der Waals surface area contributed by atoms with Crippen LogP contribution in [0.1, 0.15) is 45.1 Å². The molecule has 0 saturated heterocycles. The Kier molecular flexibility index (Phi) is 4.61. The maximum Gasteiger partial charge on any atom is 0.00951 e. The zero-order valence-electron chi connectivity index (χ0n) is 11.2. The van der Waals surface area contributed by atoms with Crippen LogP contribution in [0.15, 0.2) is 30.3 Å². The van der Waals surface area contributed by atoms with E-state index in [9.17, 15) is 0 Å². The summed E-state index contributed by atoms with van der Waals surface area (Å²) in [6, 6.07) is 12.2. The van der Waals surface area contributed by atoms with Crippen molar-refractivity contribution in [3.8, 4) is 0 Å². The average molecular weight is 231 g/mol. The molecule has 0 radical (unpaired) electrons. The standard InChI is InChI=1S/C16H25N/c1-3-16(15-11-12-15)17-13(2)9-10-14-7-5-4-6-8-14/h4-8,13,15-17H,3,9-12H2,1-2H3. The van der Waals surface area contributed by atoms with E-state index in [1.807, 2.05) is 0 Å². The molecule has 1 aromatic carbocycles. The Morgan fingerprint density at radius 2 is 1.94 bits per heavy atom. The molecule has 0 aliphatic heterocycles. The summed E-state index contributed by atoms with van der Waals surface area (Å²) in [5, 5.41) is 3.80. The molecule has 0 bridgehead atoms. The largest absolute Gasteiger partial charge is 0.311 e. The third kappa shape index (κ3) is 4.16. The molecule has 1 nitrogen and oxygen atoms in total. The van der Waals surface area contributed by atoms with Crippen molar-refractivity contribution >= 4 is 0 Å². The monoisotopic (exact) mass is 231 g/mol. The number of hydrogen-bond acceptors (Lipinski definition) is 1. The van der Waals surface area contributed by atoms with Crippen LogP contribution in [0.3, 0.4) is 0 Å². The first-order valence-electron chi connectivity index (χ1n) is 7.09. The van der Waals surface area contributed by atoms with Crippen LogP contribution in [-0.4, -0.2) is 12.1 Å². The van der Waals surface area contributed by atoms with E-state index in [-0.39, 0.29) is 0 Å². The number of benzene rings is 1. The van der Waals surface area contributed by atoms with Crippen molar-refractivity contribution in [1.29, 1.82) is 0 Å². The van der Waals surface area contributed by atoms with Crippen LogP contribution in [0.4, 0.5) is 0 Å². The number of hydrogen-bond donors (Lipinski definition) is 1. The third-order valence-corrected chi connectivity index (χ3v) is 3.84. The van der Waals surface area contributed by atoms with E-state index in [0.29, 0.717) is 6.04 Å². The number of aryl methyl sites for hydroxylation is 1. The van der Waals surface area contributed by atoms with E-state index in [1.54, 1.807) is 0 Å². The lowest BCUT2D eigenvalue weighted by atomic mass is 10.0. The molecule has 2 rings (SSSR count). The van der Waals surface area contributed by atoms with Gasteiger partial charge in [0.05, 0.1) is 0 Å². The molecule has 0 amide bonds. The van der Waals surface area contributed by atoms with Gasteiger partial charge in [0.15, 0.2) is 0 Å². The van der Waals surface area contributed by atoms with Crippen LogP contribution in [0.2, 0.25) is 0 Å². The predicted octanol–water partition coefficient (Wildman–Crippen LogP) is 3.79. The van der Waals surface area contributed by atoms with Gasteiger partial charge in [-0.1, -0.05) is 37.3 Å². The second-order valence-electron chi connectivity index (χ2n) is 5.44. The highest BCUT2D eigenvalue weighted by Gasteiger charge is 2.30. The fourth-order valence-corrected chi connectivity index (χ4v) is 2.56. The van der Waals surface area contributed by atoms with Gasteiger partial charge in [0.1, 0.15) is 0 Å². The molecular weight excluding hydrogens is 206 g/mol. The van der Waals surface area contributed by atoms with Crippen LogP contribution in [0.5, 0.6) is 0 Å². The maximum atomic E-state index is 3.80. The summed E-state index contributed by atoms with van der Waals surface area (Å²) in [4.78, 5) is 0. The molecule has 1 heteroatoms. The molecule has 0 spiro atoms. The normalized spacial score (nSPS) is 18.9. The fourth-order valence-electron chi connectivity index (χ4n) is 2.56. The summed E-state index contributed by atoms with van der Waals surface area (Å²) >= 11 is 0. The van der Waals surface area contributed by atoms with Crippen LogP contribution in [0, 0.1) is 5.92 Å². The van der Waals surface area contributed by atoms with Crippen LogP contribution < -0.4 is 5.32 Å². The molecular formula is C16H25N. The summed E-state index contributed by atoms with van der Waals surface area (Å²) in [5.74, 6) is 0.971. The fraction of sp³-hybridized carbons (Fsp3) is 0.625. The molecule has 1 aliphatic carbocycles.